The quantitative estimate of drug-likeness (QED) is 0.128. The summed E-state index contributed by atoms with van der Waals surface area (Å²) in [4.78, 5) is 18.4. The third-order valence-corrected chi connectivity index (χ3v) is 1.13. The minimum Gasteiger partial charge on any atom is 4.00 e. The van der Waals surface area contributed by atoms with Crippen molar-refractivity contribution in [3.8, 4) is 5.75 Å². The number of aromatic carboxylic acids is 1. The van der Waals surface area contributed by atoms with Gasteiger partial charge in [-0.1, -0.05) is 12.1 Å². The fourth-order valence-electron chi connectivity index (χ4n) is 0.654. The number of carboxylic acids is 1. The fourth-order valence-corrected chi connectivity index (χ4v) is 0.654. The van der Waals surface area contributed by atoms with Gasteiger partial charge in [0.1, 0.15) is 11.3 Å². The Hall–Kier alpha value is -1.10. The Bertz CT molecular complexity index is 354. The molecule has 0 spiro atoms. The number of hydrogen-bond donors (Lipinski definition) is 7. The molecule has 0 atom stereocenters. The van der Waals surface area contributed by atoms with E-state index in [1.165, 1.54) is 17.5 Å². The van der Waals surface area contributed by atoms with E-state index in [0.29, 0.717) is 0 Å². The Morgan fingerprint density at radius 1 is 1.20 bits per heavy atom. The summed E-state index contributed by atoms with van der Waals surface area (Å²) < 4.78 is 23.1. The molecule has 11 N–H and O–H groups in total. The largest absolute Gasteiger partial charge is 4.00 e. The number of carboxylic acid groups (broad SMARTS) is 1. The van der Waals surface area contributed by atoms with Crippen LogP contribution in [-0.2, 0) is 21.1 Å². The third-order valence-electron chi connectivity index (χ3n) is 1.13. The second-order valence-corrected chi connectivity index (χ2v) is 3.10. The van der Waals surface area contributed by atoms with Crippen molar-refractivity contribution in [1.82, 2.24) is 12.3 Å². The van der Waals surface area contributed by atoms with Crippen LogP contribution in [0.1, 0.15) is 10.4 Å². The molecular weight excluding hydrogens is 528 g/mol. The van der Waals surface area contributed by atoms with Gasteiger partial charge in [-0.3, -0.25) is 0 Å². The summed E-state index contributed by atoms with van der Waals surface area (Å²) >= 11 is -3.29. The summed E-state index contributed by atoms with van der Waals surface area (Å²) in [5.74, 6) is -1.31. The first-order valence-corrected chi connectivity index (χ1v) is 5.87. The van der Waals surface area contributed by atoms with Gasteiger partial charge in [0, 0.05) is 0 Å². The first-order chi connectivity index (χ1) is 7.86. The van der Waals surface area contributed by atoms with Crippen LogP contribution in [0.25, 0.3) is 0 Å². The van der Waals surface area contributed by atoms with E-state index in [0.717, 1.165) is 0 Å². The third kappa shape index (κ3) is 22.1. The molecule has 1 aromatic carbocycles. The number of phenols is 1. The number of nitrogens with zero attached hydrogens (tertiary/aromatic N) is 1. The Morgan fingerprint density at radius 2 is 1.50 bits per heavy atom. The topological polar surface area (TPSA) is 241 Å². The molecule has 0 saturated heterocycles. The van der Waals surface area contributed by atoms with Gasteiger partial charge >= 0.3 is 54.5 Å². The van der Waals surface area contributed by atoms with Gasteiger partial charge in [-0.05, 0) is 12.1 Å². The molecular formula is C7H15N3O8PtSe+3. The van der Waals surface area contributed by atoms with E-state index >= 15 is 0 Å². The van der Waals surface area contributed by atoms with E-state index in [2.05, 4.69) is 0 Å². The predicted octanol–water partition coefficient (Wildman–Crippen LogP) is -1.13. The summed E-state index contributed by atoms with van der Waals surface area (Å²) in [7, 11) is 0. The fraction of sp³-hybridized carbons (Fsp3) is 0. The van der Waals surface area contributed by atoms with Gasteiger partial charge < -0.3 is 27.7 Å². The first-order valence-electron chi connectivity index (χ1n) is 3.64. The van der Waals surface area contributed by atoms with Crippen molar-refractivity contribution in [1.29, 1.82) is 0 Å². The van der Waals surface area contributed by atoms with Crippen LogP contribution in [0.3, 0.4) is 0 Å². The maximum absolute atomic E-state index is 10.3. The van der Waals surface area contributed by atoms with E-state index in [1.807, 2.05) is 0 Å². The van der Waals surface area contributed by atoms with E-state index in [9.17, 15) is 4.79 Å². The van der Waals surface area contributed by atoms with Crippen molar-refractivity contribution in [2.75, 3.05) is 0 Å². The minimum atomic E-state index is -3.29. The molecule has 0 saturated carbocycles. The molecule has 0 bridgehead atoms. The summed E-state index contributed by atoms with van der Waals surface area (Å²) in [5, 5.41) is 25.2. The van der Waals surface area contributed by atoms with Crippen molar-refractivity contribution in [2.45, 2.75) is 0 Å². The standard InChI is InChI=1S/C7H6O3.HNO2.2H3N.H2O3Se.Pt/c8-6-4-2-1-3-5(6)7(9)10;2-1-3;;;1-4(2)3;/h1-4,8H,(H,9,10);(H,2,3);2*1H3;1-2H;/q;;;;-1;+4. The molecule has 13 heteroatoms. The number of rotatable bonds is 1. The van der Waals surface area contributed by atoms with E-state index in [4.69, 9.17) is 32.9 Å². The summed E-state index contributed by atoms with van der Waals surface area (Å²) in [6.45, 7) is 0. The predicted molar refractivity (Wildman–Crippen MR) is 62.9 cm³/mol. The normalized spacial score (nSPS) is 7.00. The van der Waals surface area contributed by atoms with Gasteiger partial charge in [0.25, 0.3) is 0 Å². The van der Waals surface area contributed by atoms with Crippen molar-refractivity contribution >= 4 is 20.9 Å². The molecule has 1 rings (SSSR count). The molecule has 0 heterocycles. The van der Waals surface area contributed by atoms with Crippen molar-refractivity contribution in [3.63, 3.8) is 0 Å². The molecule has 0 aromatic heterocycles. The zero-order valence-corrected chi connectivity index (χ0v) is 13.8. The molecule has 0 aliphatic heterocycles. The van der Waals surface area contributed by atoms with Crippen molar-refractivity contribution < 1.29 is 53.8 Å². The Morgan fingerprint density at radius 3 is 1.70 bits per heavy atom. The minimum absolute atomic E-state index is 0. The summed E-state index contributed by atoms with van der Waals surface area (Å²) in [6.07, 6.45) is 0. The van der Waals surface area contributed by atoms with Crippen LogP contribution >= 0.6 is 0 Å². The molecule has 0 aliphatic rings. The number of para-hydroxylation sites is 1. The molecule has 0 unspecified atom stereocenters. The Balaban J connectivity index is -0.0000000653. The monoisotopic (exact) mass is 544 g/mol. The van der Waals surface area contributed by atoms with E-state index in [-0.39, 0.29) is 44.7 Å². The average molecular weight is 543 g/mol. The average Bonchev–Trinajstić information content (AvgIpc) is 2.18. The van der Waals surface area contributed by atoms with Gasteiger partial charge in [-0.25, -0.2) is 4.79 Å². The van der Waals surface area contributed by atoms with Gasteiger partial charge in [-0.2, -0.15) is 0 Å². The summed E-state index contributed by atoms with van der Waals surface area (Å²) in [5.41, 5.74) is -0.0671. The van der Waals surface area contributed by atoms with Crippen LogP contribution < -0.4 is 16.5 Å². The number of hydrogen-bond acceptors (Lipinski definition) is 9. The number of aromatic hydroxyl groups is 1. The SMILES string of the molecule is N.N.O=C(O)c1ccccc1O.O=NO.[O-][Se](O)O.[Pt+4]. The Kier molecular flexibility index (Phi) is 31.7. The van der Waals surface area contributed by atoms with Gasteiger partial charge in [0.15, 0.2) is 5.34 Å². The van der Waals surface area contributed by atoms with Gasteiger partial charge in [0.05, 0.1) is 0 Å². The molecule has 119 valence electrons. The van der Waals surface area contributed by atoms with Crippen LogP contribution in [0.5, 0.6) is 5.75 Å². The van der Waals surface area contributed by atoms with Crippen molar-refractivity contribution in [3.05, 3.63) is 34.7 Å². The molecule has 1 aromatic rings. The van der Waals surface area contributed by atoms with Gasteiger partial charge in [-0.15, -0.1) is 4.91 Å². The van der Waals surface area contributed by atoms with Crippen LogP contribution in [-0.4, -0.2) is 44.7 Å². The zero-order chi connectivity index (χ0) is 13.8. The molecule has 0 amide bonds. The number of carbonyl (C=O) groups is 1. The molecule has 0 aliphatic carbocycles. The van der Waals surface area contributed by atoms with Gasteiger partial charge in [0.2, 0.25) is 0 Å². The zero-order valence-electron chi connectivity index (χ0n) is 9.86. The second-order valence-electron chi connectivity index (χ2n) is 2.13. The smallest absolute Gasteiger partial charge is 4.00 e. The second kappa shape index (κ2) is 20.2. The van der Waals surface area contributed by atoms with Crippen LogP contribution in [0.15, 0.2) is 29.6 Å². The van der Waals surface area contributed by atoms with E-state index in [1.54, 1.807) is 12.1 Å². The van der Waals surface area contributed by atoms with Crippen LogP contribution in [0.2, 0.25) is 0 Å². The van der Waals surface area contributed by atoms with Crippen LogP contribution in [0.4, 0.5) is 0 Å². The molecule has 1 radical (unpaired) electrons. The maximum Gasteiger partial charge on any atom is 4.00 e. The molecule has 20 heavy (non-hydrogen) atoms. The molecule has 0 fully saturated rings. The first kappa shape index (κ1) is 31.3. The van der Waals surface area contributed by atoms with Crippen molar-refractivity contribution in [2.24, 2.45) is 5.34 Å². The Labute approximate surface area is 133 Å². The maximum atomic E-state index is 10.3. The van der Waals surface area contributed by atoms with Crippen LogP contribution in [0, 0.1) is 4.91 Å². The van der Waals surface area contributed by atoms with E-state index < -0.39 is 20.9 Å². The summed E-state index contributed by atoms with van der Waals surface area (Å²) in [6, 6.07) is 5.81. The molecule has 11 nitrogen and oxygen atoms in total. The number of benzene rings is 1.